The summed E-state index contributed by atoms with van der Waals surface area (Å²) in [6, 6.07) is 17.4. The van der Waals surface area contributed by atoms with E-state index in [4.69, 9.17) is 10.2 Å². The molecule has 0 aromatic heterocycles. The van der Waals surface area contributed by atoms with Gasteiger partial charge in [0.05, 0.1) is 7.11 Å². The molecule has 2 rings (SSSR count). The molecule has 0 unspecified atom stereocenters. The van der Waals surface area contributed by atoms with E-state index in [0.717, 1.165) is 0 Å². The van der Waals surface area contributed by atoms with Crippen LogP contribution in [0.2, 0.25) is 0 Å². The second kappa shape index (κ2) is 11.6. The summed E-state index contributed by atoms with van der Waals surface area (Å²) in [4.78, 5) is 9.96. The minimum atomic E-state index is -0.157. The van der Waals surface area contributed by atoms with E-state index in [1.807, 2.05) is 12.1 Å². The maximum absolute atomic E-state index is 9.96. The molecule has 4 nitrogen and oxygen atoms in total. The molecule has 2 aromatic rings. The van der Waals surface area contributed by atoms with E-state index in [2.05, 4.69) is 4.74 Å². The molecule has 4 heteroatoms. The number of carbonyl (C=O) groups is 1. The zero-order chi connectivity index (χ0) is 15.2. The fourth-order valence-corrected chi connectivity index (χ4v) is 1.00. The molecule has 0 heterocycles. The molecule has 2 aromatic carbocycles. The average molecular weight is 276 g/mol. The molecule has 0 bridgehead atoms. The van der Waals surface area contributed by atoms with Gasteiger partial charge in [-0.05, 0) is 24.3 Å². The summed E-state index contributed by atoms with van der Waals surface area (Å²) < 4.78 is 4.26. The summed E-state index contributed by atoms with van der Waals surface area (Å²) >= 11 is 0. The predicted octanol–water partition coefficient (Wildman–Crippen LogP) is 3.35. The maximum Gasteiger partial charge on any atom is 0.305 e. The number of hydrogen-bond donors (Lipinski definition) is 2. The van der Waals surface area contributed by atoms with Crippen LogP contribution < -0.4 is 0 Å². The molecule has 0 spiro atoms. The standard InChI is InChI=1S/2C6H6O.C4H8O2/c2*7-6-4-2-1-3-5-6;1-3-4(5)6-2/h2*1-5,7H;3H2,1-2H3. The van der Waals surface area contributed by atoms with Crippen molar-refractivity contribution >= 4 is 5.97 Å². The molecular weight excluding hydrogens is 256 g/mol. The Kier molecular flexibility index (Phi) is 10.1. The van der Waals surface area contributed by atoms with Crippen molar-refractivity contribution in [3.63, 3.8) is 0 Å². The van der Waals surface area contributed by atoms with Gasteiger partial charge in [0.15, 0.2) is 0 Å². The number of methoxy groups -OCH3 is 1. The minimum Gasteiger partial charge on any atom is -0.508 e. The van der Waals surface area contributed by atoms with Crippen molar-refractivity contribution in [1.82, 2.24) is 0 Å². The Morgan fingerprint density at radius 1 is 0.900 bits per heavy atom. The number of phenolic OH excluding ortho intramolecular Hbond substituents is 2. The summed E-state index contributed by atoms with van der Waals surface area (Å²) in [6.07, 6.45) is 0.469. The molecular formula is C16H20O4. The van der Waals surface area contributed by atoms with Crippen LogP contribution in [0.15, 0.2) is 60.7 Å². The van der Waals surface area contributed by atoms with E-state index < -0.39 is 0 Å². The number of phenols is 2. The van der Waals surface area contributed by atoms with E-state index in [9.17, 15) is 4.79 Å². The van der Waals surface area contributed by atoms with Crippen molar-refractivity contribution in [3.05, 3.63) is 60.7 Å². The monoisotopic (exact) mass is 276 g/mol. The number of carbonyl (C=O) groups excluding carboxylic acids is 1. The molecule has 20 heavy (non-hydrogen) atoms. The molecule has 0 aliphatic heterocycles. The first-order valence-corrected chi connectivity index (χ1v) is 6.15. The quantitative estimate of drug-likeness (QED) is 0.784. The van der Waals surface area contributed by atoms with E-state index >= 15 is 0 Å². The molecule has 0 saturated carbocycles. The highest BCUT2D eigenvalue weighted by molar-refractivity contribution is 5.68. The summed E-state index contributed by atoms with van der Waals surface area (Å²) in [5.74, 6) is 0.486. The Hall–Kier alpha value is -2.49. The van der Waals surface area contributed by atoms with Gasteiger partial charge in [0.25, 0.3) is 0 Å². The van der Waals surface area contributed by atoms with Gasteiger partial charge in [-0.25, -0.2) is 0 Å². The van der Waals surface area contributed by atoms with Crippen molar-refractivity contribution in [2.45, 2.75) is 13.3 Å². The van der Waals surface area contributed by atoms with Gasteiger partial charge in [0.1, 0.15) is 11.5 Å². The van der Waals surface area contributed by atoms with Crippen LogP contribution in [0.25, 0.3) is 0 Å². The Labute approximate surface area is 119 Å². The maximum atomic E-state index is 9.96. The fraction of sp³-hybridized carbons (Fsp3) is 0.188. The van der Waals surface area contributed by atoms with E-state index in [0.29, 0.717) is 17.9 Å². The zero-order valence-corrected chi connectivity index (χ0v) is 11.7. The smallest absolute Gasteiger partial charge is 0.305 e. The van der Waals surface area contributed by atoms with Crippen molar-refractivity contribution in [2.75, 3.05) is 7.11 Å². The molecule has 0 saturated heterocycles. The fourth-order valence-electron chi connectivity index (χ4n) is 1.00. The highest BCUT2D eigenvalue weighted by Gasteiger charge is 1.87. The first-order valence-electron chi connectivity index (χ1n) is 6.15. The zero-order valence-electron chi connectivity index (χ0n) is 11.7. The lowest BCUT2D eigenvalue weighted by Gasteiger charge is -1.87. The van der Waals surface area contributed by atoms with Gasteiger partial charge in [-0.3, -0.25) is 4.79 Å². The lowest BCUT2D eigenvalue weighted by atomic mass is 10.3. The highest BCUT2D eigenvalue weighted by atomic mass is 16.5. The SMILES string of the molecule is CCC(=O)OC.Oc1ccccc1.Oc1ccccc1. The second-order valence-electron chi connectivity index (χ2n) is 3.60. The second-order valence-corrected chi connectivity index (χ2v) is 3.60. The first-order chi connectivity index (χ1) is 9.60. The lowest BCUT2D eigenvalue weighted by molar-refractivity contribution is -0.140. The third kappa shape index (κ3) is 10.7. The van der Waals surface area contributed by atoms with Crippen LogP contribution in [-0.2, 0) is 9.53 Å². The Bertz CT molecular complexity index is 411. The van der Waals surface area contributed by atoms with Crippen LogP contribution >= 0.6 is 0 Å². The molecule has 108 valence electrons. The van der Waals surface area contributed by atoms with Crippen molar-refractivity contribution < 1.29 is 19.7 Å². The molecule has 0 aliphatic rings. The van der Waals surface area contributed by atoms with Crippen LogP contribution in [0.4, 0.5) is 0 Å². The van der Waals surface area contributed by atoms with Gasteiger partial charge in [-0.15, -0.1) is 0 Å². The number of hydrogen-bond acceptors (Lipinski definition) is 4. The van der Waals surface area contributed by atoms with Gasteiger partial charge in [-0.1, -0.05) is 43.3 Å². The summed E-state index contributed by atoms with van der Waals surface area (Å²) in [6.45, 7) is 1.76. The number of aromatic hydroxyl groups is 2. The van der Waals surface area contributed by atoms with Gasteiger partial charge < -0.3 is 14.9 Å². The highest BCUT2D eigenvalue weighted by Crippen LogP contribution is 2.03. The van der Waals surface area contributed by atoms with Crippen molar-refractivity contribution in [1.29, 1.82) is 0 Å². The molecule has 0 fully saturated rings. The summed E-state index contributed by atoms with van der Waals surface area (Å²) in [5, 5.41) is 17.3. The third-order valence-corrected chi connectivity index (χ3v) is 2.03. The van der Waals surface area contributed by atoms with E-state index in [1.54, 1.807) is 55.5 Å². The van der Waals surface area contributed by atoms with Crippen LogP contribution in [0, 0.1) is 0 Å². The number of esters is 1. The lowest BCUT2D eigenvalue weighted by Crippen LogP contribution is -1.94. The Morgan fingerprint density at radius 2 is 1.25 bits per heavy atom. The Balaban J connectivity index is 0.000000272. The van der Waals surface area contributed by atoms with E-state index in [-0.39, 0.29) is 5.97 Å². The molecule has 0 aliphatic carbocycles. The number of benzene rings is 2. The minimum absolute atomic E-state index is 0.157. The summed E-state index contributed by atoms with van der Waals surface area (Å²) in [5.41, 5.74) is 0. The molecule has 0 amide bonds. The average Bonchev–Trinajstić information content (AvgIpc) is 2.49. The number of para-hydroxylation sites is 2. The summed E-state index contributed by atoms with van der Waals surface area (Å²) in [7, 11) is 1.38. The van der Waals surface area contributed by atoms with Crippen LogP contribution in [0.5, 0.6) is 11.5 Å². The van der Waals surface area contributed by atoms with Crippen molar-refractivity contribution in [3.8, 4) is 11.5 Å². The third-order valence-electron chi connectivity index (χ3n) is 2.03. The van der Waals surface area contributed by atoms with Crippen LogP contribution in [0.3, 0.4) is 0 Å². The molecule has 2 N–H and O–H groups in total. The topological polar surface area (TPSA) is 66.8 Å². The van der Waals surface area contributed by atoms with Gasteiger partial charge in [0, 0.05) is 6.42 Å². The largest absolute Gasteiger partial charge is 0.508 e. The van der Waals surface area contributed by atoms with Crippen molar-refractivity contribution in [2.24, 2.45) is 0 Å². The van der Waals surface area contributed by atoms with Crippen LogP contribution in [0.1, 0.15) is 13.3 Å². The predicted molar refractivity (Wildman–Crippen MR) is 78.5 cm³/mol. The molecule has 0 atom stereocenters. The van der Waals surface area contributed by atoms with Gasteiger partial charge in [-0.2, -0.15) is 0 Å². The normalized spacial score (nSPS) is 8.30. The van der Waals surface area contributed by atoms with E-state index in [1.165, 1.54) is 7.11 Å². The number of rotatable bonds is 1. The van der Waals surface area contributed by atoms with Gasteiger partial charge >= 0.3 is 5.97 Å². The Morgan fingerprint density at radius 3 is 1.35 bits per heavy atom. The molecule has 0 radical (unpaired) electrons. The van der Waals surface area contributed by atoms with Gasteiger partial charge in [0.2, 0.25) is 0 Å². The first kappa shape index (κ1) is 17.5. The number of ether oxygens (including phenoxy) is 1. The van der Waals surface area contributed by atoms with Crippen LogP contribution in [-0.4, -0.2) is 23.3 Å².